The Morgan fingerprint density at radius 1 is 1.33 bits per heavy atom. The van der Waals surface area contributed by atoms with Crippen LogP contribution in [0.15, 0.2) is 28.7 Å². The minimum atomic E-state index is -3.72. The van der Waals surface area contributed by atoms with Gasteiger partial charge in [-0.3, -0.25) is 0 Å². The molecule has 0 radical (unpaired) electrons. The number of nitrogens with one attached hydrogen (secondary N) is 2. The van der Waals surface area contributed by atoms with Crippen LogP contribution in [0.25, 0.3) is 0 Å². The van der Waals surface area contributed by atoms with Crippen molar-refractivity contribution < 1.29 is 13.2 Å². The fraction of sp³-hybridized carbons (Fsp3) is 0.385. The van der Waals surface area contributed by atoms with Crippen molar-refractivity contribution in [2.75, 3.05) is 26.7 Å². The number of rotatable bonds is 5. The highest BCUT2D eigenvalue weighted by Crippen LogP contribution is 2.33. The molecule has 116 valence electrons. The van der Waals surface area contributed by atoms with E-state index in [1.807, 2.05) is 6.08 Å². The van der Waals surface area contributed by atoms with Crippen LogP contribution in [0.2, 0.25) is 10.0 Å². The van der Waals surface area contributed by atoms with Crippen molar-refractivity contribution >= 4 is 33.2 Å². The maximum atomic E-state index is 12.3. The summed E-state index contributed by atoms with van der Waals surface area (Å²) in [5, 5.41) is 3.44. The Morgan fingerprint density at radius 2 is 2.10 bits per heavy atom. The zero-order valence-electron chi connectivity index (χ0n) is 11.4. The highest BCUT2D eigenvalue weighted by Gasteiger charge is 2.20. The average molecular weight is 351 g/mol. The lowest BCUT2D eigenvalue weighted by molar-refractivity contribution is 0.414. The van der Waals surface area contributed by atoms with Crippen LogP contribution in [0.1, 0.15) is 6.42 Å². The van der Waals surface area contributed by atoms with Crippen LogP contribution in [0.4, 0.5) is 0 Å². The van der Waals surface area contributed by atoms with Gasteiger partial charge < -0.3 is 10.1 Å². The van der Waals surface area contributed by atoms with Gasteiger partial charge in [-0.2, -0.15) is 0 Å². The molecule has 0 atom stereocenters. The second-order valence-electron chi connectivity index (χ2n) is 4.56. The molecular formula is C13H16Cl2N2O3S. The Labute approximate surface area is 134 Å². The summed E-state index contributed by atoms with van der Waals surface area (Å²) in [6.07, 6.45) is 2.80. The average Bonchev–Trinajstić information content (AvgIpc) is 2.48. The van der Waals surface area contributed by atoms with Gasteiger partial charge in [0, 0.05) is 19.2 Å². The standard InChI is InChI=1S/C13H16Cl2N2O3S/c1-20-12-6-11(15)13(7-10(12)14)21(18,19)17-8-9-2-4-16-5-3-9/h2,6-7,16-17H,3-5,8H2,1H3. The van der Waals surface area contributed by atoms with Gasteiger partial charge in [-0.1, -0.05) is 34.9 Å². The van der Waals surface area contributed by atoms with Crippen molar-refractivity contribution in [3.63, 3.8) is 0 Å². The molecule has 0 fully saturated rings. The van der Waals surface area contributed by atoms with Crippen LogP contribution in [0.3, 0.4) is 0 Å². The van der Waals surface area contributed by atoms with E-state index in [1.54, 1.807) is 0 Å². The van der Waals surface area contributed by atoms with Crippen molar-refractivity contribution in [3.8, 4) is 5.75 Å². The summed E-state index contributed by atoms with van der Waals surface area (Å²) in [7, 11) is -2.28. The zero-order chi connectivity index (χ0) is 15.5. The third-order valence-electron chi connectivity index (χ3n) is 3.14. The normalized spacial score (nSPS) is 15.7. The smallest absolute Gasteiger partial charge is 0.242 e. The Kier molecular flexibility index (Phi) is 5.51. The topological polar surface area (TPSA) is 67.4 Å². The Hall–Kier alpha value is -0.790. The van der Waals surface area contributed by atoms with E-state index in [4.69, 9.17) is 27.9 Å². The van der Waals surface area contributed by atoms with Gasteiger partial charge >= 0.3 is 0 Å². The minimum absolute atomic E-state index is 0.0514. The molecule has 0 unspecified atom stereocenters. The fourth-order valence-corrected chi connectivity index (χ4v) is 3.85. The van der Waals surface area contributed by atoms with Crippen LogP contribution in [0, 0.1) is 0 Å². The molecule has 0 amide bonds. The van der Waals surface area contributed by atoms with Gasteiger partial charge in [0.2, 0.25) is 10.0 Å². The summed E-state index contributed by atoms with van der Waals surface area (Å²) in [5.74, 6) is 0.335. The summed E-state index contributed by atoms with van der Waals surface area (Å²) in [5.41, 5.74) is 1.05. The first-order valence-corrected chi connectivity index (χ1v) is 8.59. The van der Waals surface area contributed by atoms with E-state index in [1.165, 1.54) is 19.2 Å². The molecular weight excluding hydrogens is 335 g/mol. The van der Waals surface area contributed by atoms with Gasteiger partial charge in [0.25, 0.3) is 0 Å². The molecule has 0 saturated heterocycles. The molecule has 21 heavy (non-hydrogen) atoms. The molecule has 0 bridgehead atoms. The molecule has 2 rings (SSSR count). The van der Waals surface area contributed by atoms with Gasteiger partial charge in [0.1, 0.15) is 10.6 Å². The van der Waals surface area contributed by atoms with Gasteiger partial charge in [-0.15, -0.1) is 0 Å². The van der Waals surface area contributed by atoms with Gasteiger partial charge in [0.05, 0.1) is 17.2 Å². The minimum Gasteiger partial charge on any atom is -0.495 e. The lowest BCUT2D eigenvalue weighted by Gasteiger charge is -2.15. The molecule has 5 nitrogen and oxygen atoms in total. The molecule has 0 aliphatic carbocycles. The number of ether oxygens (including phenoxy) is 1. The predicted octanol–water partition coefficient (Wildman–Crippen LogP) is 2.20. The van der Waals surface area contributed by atoms with E-state index in [0.717, 1.165) is 25.1 Å². The molecule has 0 aromatic heterocycles. The Bertz CT molecular complexity index is 660. The highest BCUT2D eigenvalue weighted by molar-refractivity contribution is 7.89. The molecule has 0 spiro atoms. The van der Waals surface area contributed by atoms with Crippen molar-refractivity contribution in [2.24, 2.45) is 0 Å². The molecule has 1 aromatic rings. The summed E-state index contributed by atoms with van der Waals surface area (Å²) < 4.78 is 32.2. The number of halogens is 2. The SMILES string of the molecule is COc1cc(Cl)c(S(=O)(=O)NCC2=CCNCC2)cc1Cl. The van der Waals surface area contributed by atoms with Crippen LogP contribution >= 0.6 is 23.2 Å². The summed E-state index contributed by atoms with van der Waals surface area (Å²) >= 11 is 12.0. The van der Waals surface area contributed by atoms with Gasteiger partial charge in [0.15, 0.2) is 0 Å². The molecule has 8 heteroatoms. The molecule has 1 aromatic carbocycles. The number of benzene rings is 1. The quantitative estimate of drug-likeness (QED) is 0.798. The first-order chi connectivity index (χ1) is 9.94. The first kappa shape index (κ1) is 16.6. The summed E-state index contributed by atoms with van der Waals surface area (Å²) in [6, 6.07) is 2.68. The summed E-state index contributed by atoms with van der Waals surface area (Å²) in [6.45, 7) is 1.87. The number of methoxy groups -OCH3 is 1. The van der Waals surface area contributed by atoms with E-state index in [0.29, 0.717) is 5.75 Å². The van der Waals surface area contributed by atoms with Crippen molar-refractivity contribution in [1.82, 2.24) is 10.0 Å². The van der Waals surface area contributed by atoms with Crippen LogP contribution < -0.4 is 14.8 Å². The van der Waals surface area contributed by atoms with Crippen molar-refractivity contribution in [1.29, 1.82) is 0 Å². The van der Waals surface area contributed by atoms with Crippen LogP contribution in [-0.2, 0) is 10.0 Å². The molecule has 2 N–H and O–H groups in total. The van der Waals surface area contributed by atoms with E-state index < -0.39 is 10.0 Å². The third kappa shape index (κ3) is 4.11. The maximum Gasteiger partial charge on any atom is 0.242 e. The molecule has 1 heterocycles. The monoisotopic (exact) mass is 350 g/mol. The largest absolute Gasteiger partial charge is 0.495 e. The Balaban J connectivity index is 2.19. The van der Waals surface area contributed by atoms with E-state index in [2.05, 4.69) is 10.0 Å². The molecule has 1 aliphatic heterocycles. The third-order valence-corrected chi connectivity index (χ3v) is 5.30. The van der Waals surface area contributed by atoms with Gasteiger partial charge in [-0.05, 0) is 19.0 Å². The van der Waals surface area contributed by atoms with Crippen molar-refractivity contribution in [3.05, 3.63) is 33.8 Å². The summed E-state index contributed by atoms with van der Waals surface area (Å²) in [4.78, 5) is -0.0514. The lowest BCUT2D eigenvalue weighted by atomic mass is 10.1. The van der Waals surface area contributed by atoms with Crippen molar-refractivity contribution in [2.45, 2.75) is 11.3 Å². The number of hydrogen-bond donors (Lipinski definition) is 2. The zero-order valence-corrected chi connectivity index (χ0v) is 13.8. The second kappa shape index (κ2) is 6.98. The Morgan fingerprint density at radius 3 is 2.71 bits per heavy atom. The number of sulfonamides is 1. The van der Waals surface area contributed by atoms with Crippen LogP contribution in [-0.4, -0.2) is 35.2 Å². The number of hydrogen-bond acceptors (Lipinski definition) is 4. The molecule has 0 saturated carbocycles. The maximum absolute atomic E-state index is 12.3. The fourth-order valence-electron chi connectivity index (χ4n) is 1.97. The van der Waals surface area contributed by atoms with Gasteiger partial charge in [-0.25, -0.2) is 13.1 Å². The first-order valence-electron chi connectivity index (χ1n) is 6.35. The van der Waals surface area contributed by atoms with E-state index >= 15 is 0 Å². The van der Waals surface area contributed by atoms with E-state index in [-0.39, 0.29) is 21.5 Å². The lowest BCUT2D eigenvalue weighted by Crippen LogP contribution is -2.29. The second-order valence-corrected chi connectivity index (χ2v) is 7.11. The highest BCUT2D eigenvalue weighted by atomic mass is 35.5. The predicted molar refractivity (Wildman–Crippen MR) is 83.8 cm³/mol. The van der Waals surface area contributed by atoms with E-state index in [9.17, 15) is 8.42 Å². The van der Waals surface area contributed by atoms with Crippen LogP contribution in [0.5, 0.6) is 5.75 Å². The molecule has 1 aliphatic rings.